The van der Waals surface area contributed by atoms with Crippen LogP contribution in [0, 0.1) is 0 Å². The highest BCUT2D eigenvalue weighted by atomic mass is 16.7. The number of fused-ring (bicyclic) bond motifs is 1. The van der Waals surface area contributed by atoms with Crippen LogP contribution in [-0.2, 0) is 23.7 Å². The number of phenols is 3. The van der Waals surface area contributed by atoms with Gasteiger partial charge in [-0.1, -0.05) is 0 Å². The molecule has 3 aromatic carbocycles. The largest absolute Gasteiger partial charge is 0.508 e. The second kappa shape index (κ2) is 17.6. The SMILES string of the molecule is COc1cc(/C=C/C(=O)OC[C@H]2O[C@@H](O[C@@H]3[C@@H](O)[C@H](O)[C@@H](CO)O[C@H]3c3c(OC)cc4oc(-c5ccc(O)cc5)cc(=O)c4c3O)[C@H](O)[C@@H](O)[C@@H]2O)cc(OC)c1O. The molecule has 0 saturated carbocycles. The summed E-state index contributed by atoms with van der Waals surface area (Å²) >= 11 is 0. The summed E-state index contributed by atoms with van der Waals surface area (Å²) in [5.41, 5.74) is -0.367. The lowest BCUT2D eigenvalue weighted by molar-refractivity contribution is -0.342. The van der Waals surface area contributed by atoms with Gasteiger partial charge in [0.15, 0.2) is 23.2 Å². The van der Waals surface area contributed by atoms with E-state index in [0.29, 0.717) is 11.1 Å². The fourth-order valence-electron chi connectivity index (χ4n) is 6.69. The van der Waals surface area contributed by atoms with Gasteiger partial charge in [-0.05, 0) is 48.0 Å². The van der Waals surface area contributed by atoms with Crippen molar-refractivity contribution in [3.8, 4) is 45.8 Å². The maximum absolute atomic E-state index is 13.5. The number of benzene rings is 3. The average Bonchev–Trinajstić information content (AvgIpc) is 3.21. The zero-order valence-corrected chi connectivity index (χ0v) is 31.1. The second-order valence-corrected chi connectivity index (χ2v) is 13.3. The van der Waals surface area contributed by atoms with Crippen molar-refractivity contribution < 1.29 is 88.3 Å². The first-order valence-corrected chi connectivity index (χ1v) is 17.7. The molecule has 2 aliphatic rings. The highest BCUT2D eigenvalue weighted by Gasteiger charge is 2.52. The first-order chi connectivity index (χ1) is 27.7. The topological polar surface area (TPSA) is 294 Å². The molecular weight excluding hydrogens is 772 g/mol. The molecule has 312 valence electrons. The molecule has 0 radical (unpaired) electrons. The van der Waals surface area contributed by atoms with Crippen molar-refractivity contribution in [2.45, 2.75) is 61.2 Å². The summed E-state index contributed by atoms with van der Waals surface area (Å²) in [6.07, 6.45) is -15.7. The Morgan fingerprint density at radius 1 is 0.759 bits per heavy atom. The maximum Gasteiger partial charge on any atom is 0.330 e. The summed E-state index contributed by atoms with van der Waals surface area (Å²) < 4.78 is 44.5. The van der Waals surface area contributed by atoms with Crippen LogP contribution in [0.3, 0.4) is 0 Å². The monoisotopic (exact) mass is 814 g/mol. The maximum atomic E-state index is 13.5. The smallest absolute Gasteiger partial charge is 0.330 e. The third-order valence-electron chi connectivity index (χ3n) is 9.78. The van der Waals surface area contributed by atoms with E-state index < -0.39 is 91.6 Å². The minimum atomic E-state index is -2.01. The van der Waals surface area contributed by atoms with Crippen molar-refractivity contribution in [1.82, 2.24) is 0 Å². The van der Waals surface area contributed by atoms with Gasteiger partial charge in [-0.2, -0.15) is 0 Å². The number of rotatable bonds is 12. The molecule has 19 nitrogen and oxygen atoms in total. The van der Waals surface area contributed by atoms with E-state index in [2.05, 4.69) is 0 Å². The molecule has 4 aromatic rings. The zero-order valence-electron chi connectivity index (χ0n) is 31.1. The summed E-state index contributed by atoms with van der Waals surface area (Å²) in [6, 6.07) is 11.0. The fourth-order valence-corrected chi connectivity index (χ4v) is 6.69. The molecule has 0 spiro atoms. The summed E-state index contributed by atoms with van der Waals surface area (Å²) in [6.45, 7) is -1.53. The molecule has 58 heavy (non-hydrogen) atoms. The Morgan fingerprint density at radius 2 is 1.40 bits per heavy atom. The van der Waals surface area contributed by atoms with Crippen molar-refractivity contribution in [3.05, 3.63) is 76.0 Å². The minimum Gasteiger partial charge on any atom is -0.508 e. The van der Waals surface area contributed by atoms with Crippen LogP contribution in [-0.4, -0.2) is 142 Å². The molecule has 0 amide bonds. The number of phenolic OH excluding ortho intramolecular Hbond substituents is 3. The number of carbonyl (C=O) groups is 1. The van der Waals surface area contributed by atoms with Gasteiger partial charge >= 0.3 is 5.97 Å². The van der Waals surface area contributed by atoms with Crippen molar-refractivity contribution >= 4 is 23.0 Å². The summed E-state index contributed by atoms with van der Waals surface area (Å²) in [4.78, 5) is 26.2. The van der Waals surface area contributed by atoms with Crippen molar-refractivity contribution in [2.24, 2.45) is 0 Å². The van der Waals surface area contributed by atoms with Crippen LogP contribution < -0.4 is 19.6 Å². The molecular formula is C39H42O19. The van der Waals surface area contributed by atoms with Gasteiger partial charge in [0, 0.05) is 23.8 Å². The van der Waals surface area contributed by atoms with Crippen molar-refractivity contribution in [2.75, 3.05) is 34.5 Å². The van der Waals surface area contributed by atoms with Gasteiger partial charge in [-0.3, -0.25) is 4.79 Å². The predicted octanol–water partition coefficient (Wildman–Crippen LogP) is 0.206. The number of esters is 1. The van der Waals surface area contributed by atoms with E-state index in [0.717, 1.165) is 12.1 Å². The molecule has 2 saturated heterocycles. The normalized spacial score (nSPS) is 27.4. The van der Waals surface area contributed by atoms with Crippen LogP contribution in [0.5, 0.6) is 34.5 Å². The third kappa shape index (κ3) is 8.25. The number of methoxy groups -OCH3 is 3. The van der Waals surface area contributed by atoms with Crippen LogP contribution in [0.4, 0.5) is 0 Å². The molecule has 0 unspecified atom stereocenters. The van der Waals surface area contributed by atoms with Crippen LogP contribution in [0.15, 0.2) is 63.8 Å². The van der Waals surface area contributed by atoms with Crippen LogP contribution in [0.2, 0.25) is 0 Å². The predicted molar refractivity (Wildman–Crippen MR) is 197 cm³/mol. The molecule has 2 aliphatic heterocycles. The Labute approximate surface area is 328 Å². The summed E-state index contributed by atoms with van der Waals surface area (Å²) in [5, 5.41) is 95.8. The number of aliphatic hydroxyl groups excluding tert-OH is 6. The van der Waals surface area contributed by atoms with Gasteiger partial charge in [-0.25, -0.2) is 4.79 Å². The van der Waals surface area contributed by atoms with Crippen LogP contribution in [0.25, 0.3) is 28.4 Å². The van der Waals surface area contributed by atoms with E-state index in [9.17, 15) is 55.5 Å². The Hall–Kier alpha value is -5.48. The molecule has 9 N–H and O–H groups in total. The summed E-state index contributed by atoms with van der Waals surface area (Å²) in [7, 11) is 3.86. The standard InChI is InChI=1S/C39H42O19/c1-51-21-13-22-28(19(42)12-20(55-22)17-5-7-18(41)8-6-17)33(47)29(21)37-38(35(49)31(45)25(14-40)56-37)58-39-36(50)34(48)32(46)26(57-39)15-54-27(43)9-4-16-10-23(52-2)30(44)24(11-16)53-3/h4-13,25-26,31-32,34-41,44-50H,14-15H2,1-3H3/b9-4+/t25-,26-,31-,32-,34+,35+,36-,37+,38-,39+/m1/s1. The Morgan fingerprint density at radius 3 is 2.02 bits per heavy atom. The first-order valence-electron chi connectivity index (χ1n) is 17.7. The molecule has 1 aromatic heterocycles. The van der Waals surface area contributed by atoms with Gasteiger partial charge in [0.2, 0.25) is 5.75 Å². The van der Waals surface area contributed by atoms with E-state index >= 15 is 0 Å². The number of carbonyl (C=O) groups excluding carboxylic acids is 1. The van der Waals surface area contributed by atoms with Gasteiger partial charge in [0.1, 0.15) is 95.5 Å². The summed E-state index contributed by atoms with van der Waals surface area (Å²) in [5.74, 6) is -1.91. The quantitative estimate of drug-likeness (QED) is 0.0682. The van der Waals surface area contributed by atoms with E-state index in [1.54, 1.807) is 0 Å². The molecule has 0 bridgehead atoms. The van der Waals surface area contributed by atoms with E-state index in [1.165, 1.54) is 69.9 Å². The van der Waals surface area contributed by atoms with Gasteiger partial charge in [-0.15, -0.1) is 0 Å². The van der Waals surface area contributed by atoms with Crippen LogP contribution >= 0.6 is 0 Å². The molecule has 0 aliphatic carbocycles. The lowest BCUT2D eigenvalue weighted by atomic mass is 9.89. The lowest BCUT2D eigenvalue weighted by Crippen LogP contribution is -2.63. The van der Waals surface area contributed by atoms with Crippen LogP contribution in [0.1, 0.15) is 17.2 Å². The Balaban J connectivity index is 1.27. The minimum absolute atomic E-state index is 0.0242. The first kappa shape index (κ1) is 42.1. The molecule has 19 heteroatoms. The molecule has 3 heterocycles. The number of aromatic hydroxyl groups is 3. The highest BCUT2D eigenvalue weighted by molar-refractivity contribution is 5.89. The number of hydrogen-bond donors (Lipinski definition) is 9. The number of hydrogen-bond acceptors (Lipinski definition) is 19. The Kier molecular flexibility index (Phi) is 12.8. The number of aliphatic hydroxyl groups is 6. The average molecular weight is 815 g/mol. The highest BCUT2D eigenvalue weighted by Crippen LogP contribution is 2.47. The van der Waals surface area contributed by atoms with Crippen molar-refractivity contribution in [3.63, 3.8) is 0 Å². The third-order valence-corrected chi connectivity index (χ3v) is 9.78. The van der Waals surface area contributed by atoms with E-state index in [1.807, 2.05) is 0 Å². The van der Waals surface area contributed by atoms with Gasteiger partial charge in [0.05, 0.1) is 33.5 Å². The number of ether oxygens (including phenoxy) is 7. The second-order valence-electron chi connectivity index (χ2n) is 13.3. The van der Waals surface area contributed by atoms with Gasteiger partial charge in [0.25, 0.3) is 0 Å². The molecule has 6 rings (SSSR count). The zero-order chi connectivity index (χ0) is 42.0. The van der Waals surface area contributed by atoms with Gasteiger partial charge < -0.3 is 83.5 Å². The van der Waals surface area contributed by atoms with Crippen molar-refractivity contribution in [1.29, 1.82) is 0 Å². The van der Waals surface area contributed by atoms with E-state index in [4.69, 9.17) is 37.6 Å². The fraction of sp³-hybridized carbons (Fsp3) is 0.385. The molecule has 10 atom stereocenters. The Bertz CT molecular complexity index is 2160. The molecule has 2 fully saturated rings. The lowest BCUT2D eigenvalue weighted by Gasteiger charge is -2.46. The van der Waals surface area contributed by atoms with E-state index in [-0.39, 0.29) is 51.0 Å².